The number of likely N-dealkylation sites (tertiary alicyclic amines) is 1. The van der Waals surface area contributed by atoms with E-state index < -0.39 is 0 Å². The van der Waals surface area contributed by atoms with Crippen LogP contribution in [0.5, 0.6) is 5.75 Å². The Bertz CT molecular complexity index is 451. The Morgan fingerprint density at radius 2 is 1.83 bits per heavy atom. The van der Waals surface area contributed by atoms with Crippen molar-refractivity contribution in [2.24, 2.45) is 0 Å². The van der Waals surface area contributed by atoms with Crippen molar-refractivity contribution in [1.82, 2.24) is 10.2 Å². The van der Waals surface area contributed by atoms with Gasteiger partial charge in [0.25, 0.3) is 0 Å². The van der Waals surface area contributed by atoms with Crippen molar-refractivity contribution >= 4 is 24.8 Å². The Kier molecular flexibility index (Phi) is 9.96. The normalized spacial score (nSPS) is 17.6. The molecule has 1 N–H and O–H groups in total. The number of rotatable bonds is 6. The zero-order valence-corrected chi connectivity index (χ0v) is 15.5. The summed E-state index contributed by atoms with van der Waals surface area (Å²) in [5.74, 6) is 1.04. The summed E-state index contributed by atoms with van der Waals surface area (Å²) in [6.07, 6.45) is 7.76. The van der Waals surface area contributed by atoms with Gasteiger partial charge in [-0.3, -0.25) is 0 Å². The van der Waals surface area contributed by atoms with Gasteiger partial charge in [0, 0.05) is 6.54 Å². The zero-order valence-electron chi connectivity index (χ0n) is 13.9. The molecule has 1 fully saturated rings. The van der Waals surface area contributed by atoms with Gasteiger partial charge in [0.1, 0.15) is 5.75 Å². The minimum atomic E-state index is 0. The summed E-state index contributed by atoms with van der Waals surface area (Å²) in [6.45, 7) is 6.79. The van der Waals surface area contributed by atoms with E-state index in [1.807, 2.05) is 0 Å². The molecule has 0 aliphatic carbocycles. The maximum atomic E-state index is 5.92. The first kappa shape index (κ1) is 20.6. The van der Waals surface area contributed by atoms with E-state index in [4.69, 9.17) is 4.74 Å². The van der Waals surface area contributed by atoms with Crippen molar-refractivity contribution in [2.45, 2.75) is 45.1 Å². The third kappa shape index (κ3) is 6.50. The number of benzene rings is 1. The molecule has 5 heteroatoms. The summed E-state index contributed by atoms with van der Waals surface area (Å²) in [6, 6.07) is 6.58. The number of nitrogens with one attached hydrogen (secondary N) is 1. The van der Waals surface area contributed by atoms with E-state index in [0.29, 0.717) is 0 Å². The van der Waals surface area contributed by atoms with Crippen molar-refractivity contribution < 1.29 is 4.74 Å². The second-order valence-corrected chi connectivity index (χ2v) is 6.32. The second kappa shape index (κ2) is 11.1. The van der Waals surface area contributed by atoms with Crippen LogP contribution in [0.2, 0.25) is 0 Å². The van der Waals surface area contributed by atoms with E-state index >= 15 is 0 Å². The fourth-order valence-corrected chi connectivity index (χ4v) is 3.36. The fourth-order valence-electron chi connectivity index (χ4n) is 3.36. The molecule has 2 aliphatic rings. The Balaban J connectivity index is 0.00000132. The van der Waals surface area contributed by atoms with Crippen molar-refractivity contribution in [1.29, 1.82) is 0 Å². The molecule has 23 heavy (non-hydrogen) atoms. The lowest BCUT2D eigenvalue weighted by molar-refractivity contribution is 0.216. The van der Waals surface area contributed by atoms with Crippen molar-refractivity contribution in [2.75, 3.05) is 32.8 Å². The average molecular weight is 361 g/mol. The molecule has 1 aromatic rings. The van der Waals surface area contributed by atoms with E-state index in [9.17, 15) is 0 Å². The molecule has 132 valence electrons. The summed E-state index contributed by atoms with van der Waals surface area (Å²) >= 11 is 0. The lowest BCUT2D eigenvalue weighted by atomic mass is 10.0. The Morgan fingerprint density at radius 3 is 2.65 bits per heavy atom. The van der Waals surface area contributed by atoms with E-state index in [-0.39, 0.29) is 24.8 Å². The minimum absolute atomic E-state index is 0. The molecule has 0 saturated carbocycles. The van der Waals surface area contributed by atoms with Gasteiger partial charge in [0.2, 0.25) is 0 Å². The zero-order chi connectivity index (χ0) is 14.3. The molecule has 2 aliphatic heterocycles. The molecule has 0 unspecified atom stereocenters. The highest BCUT2D eigenvalue weighted by molar-refractivity contribution is 5.85. The van der Waals surface area contributed by atoms with Crippen LogP contribution in [0.4, 0.5) is 0 Å². The van der Waals surface area contributed by atoms with Gasteiger partial charge in [-0.25, -0.2) is 0 Å². The van der Waals surface area contributed by atoms with Gasteiger partial charge < -0.3 is 15.0 Å². The lowest BCUT2D eigenvalue weighted by Crippen LogP contribution is -2.30. The molecule has 3 nitrogen and oxygen atoms in total. The van der Waals surface area contributed by atoms with Crippen LogP contribution >= 0.6 is 24.8 Å². The number of halogens is 2. The van der Waals surface area contributed by atoms with Gasteiger partial charge in [0.05, 0.1) is 6.61 Å². The number of unbranched alkanes of at least 4 members (excludes halogenated alkanes) is 1. The van der Waals surface area contributed by atoms with Gasteiger partial charge in [0.15, 0.2) is 0 Å². The Labute approximate surface area is 153 Å². The largest absolute Gasteiger partial charge is 0.494 e. The average Bonchev–Trinajstić information content (AvgIpc) is 2.55. The summed E-state index contributed by atoms with van der Waals surface area (Å²) in [5, 5.41) is 3.42. The highest BCUT2D eigenvalue weighted by Gasteiger charge is 2.10. The summed E-state index contributed by atoms with van der Waals surface area (Å²) in [7, 11) is 0. The van der Waals surface area contributed by atoms with Crippen LogP contribution in [0, 0.1) is 0 Å². The predicted molar refractivity (Wildman–Crippen MR) is 101 cm³/mol. The molecule has 0 bridgehead atoms. The number of hydrogen-bond donors (Lipinski definition) is 1. The Morgan fingerprint density at radius 1 is 1.00 bits per heavy atom. The minimum Gasteiger partial charge on any atom is -0.494 e. The SMILES string of the molecule is Cl.Cl.c1cc2c(cc1OCCCCN1CCCCC1)CNCC2. The predicted octanol–water partition coefficient (Wildman–Crippen LogP) is 3.82. The molecule has 3 rings (SSSR count). The third-order valence-electron chi connectivity index (χ3n) is 4.65. The molecule has 0 spiro atoms. The number of ether oxygens (including phenoxy) is 1. The Hall–Kier alpha value is -0.480. The molecule has 0 atom stereocenters. The first-order valence-electron chi connectivity index (χ1n) is 8.59. The molecular weight excluding hydrogens is 331 g/mol. The van der Waals surface area contributed by atoms with Crippen LogP contribution in [0.25, 0.3) is 0 Å². The standard InChI is InChI=1S/C18H28N2O.2ClH/c1-2-10-20(11-3-1)12-4-5-13-21-18-7-6-16-8-9-19-15-17(16)14-18;;/h6-7,14,19H,1-5,8-13,15H2;2*1H. The smallest absolute Gasteiger partial charge is 0.119 e. The van der Waals surface area contributed by atoms with Gasteiger partial charge in [-0.1, -0.05) is 12.5 Å². The molecule has 0 amide bonds. The summed E-state index contributed by atoms with van der Waals surface area (Å²) < 4.78 is 5.92. The number of hydrogen-bond acceptors (Lipinski definition) is 3. The highest BCUT2D eigenvalue weighted by Crippen LogP contribution is 2.20. The van der Waals surface area contributed by atoms with Crippen LogP contribution in [-0.4, -0.2) is 37.7 Å². The first-order chi connectivity index (χ1) is 10.4. The second-order valence-electron chi connectivity index (χ2n) is 6.32. The summed E-state index contributed by atoms with van der Waals surface area (Å²) in [5.41, 5.74) is 2.89. The van der Waals surface area contributed by atoms with Crippen molar-refractivity contribution in [3.8, 4) is 5.75 Å². The van der Waals surface area contributed by atoms with E-state index in [1.165, 1.54) is 56.4 Å². The monoisotopic (exact) mass is 360 g/mol. The molecular formula is C18H30Cl2N2O. The van der Waals surface area contributed by atoms with E-state index in [0.717, 1.165) is 38.3 Å². The van der Waals surface area contributed by atoms with Gasteiger partial charge in [-0.15, -0.1) is 24.8 Å². The molecule has 0 radical (unpaired) electrons. The third-order valence-corrected chi connectivity index (χ3v) is 4.65. The molecule has 1 aromatic carbocycles. The topological polar surface area (TPSA) is 24.5 Å². The van der Waals surface area contributed by atoms with E-state index in [1.54, 1.807) is 0 Å². The quantitative estimate of drug-likeness (QED) is 0.780. The van der Waals surface area contributed by atoms with E-state index in [2.05, 4.69) is 28.4 Å². The number of nitrogens with zero attached hydrogens (tertiary/aromatic N) is 1. The van der Waals surface area contributed by atoms with Gasteiger partial charge >= 0.3 is 0 Å². The number of fused-ring (bicyclic) bond motifs is 1. The maximum Gasteiger partial charge on any atom is 0.119 e. The first-order valence-corrected chi connectivity index (χ1v) is 8.59. The van der Waals surface area contributed by atoms with Crippen LogP contribution < -0.4 is 10.1 Å². The van der Waals surface area contributed by atoms with Crippen LogP contribution in [0.15, 0.2) is 18.2 Å². The summed E-state index contributed by atoms with van der Waals surface area (Å²) in [4.78, 5) is 2.61. The van der Waals surface area contributed by atoms with Crippen molar-refractivity contribution in [3.05, 3.63) is 29.3 Å². The highest BCUT2D eigenvalue weighted by atomic mass is 35.5. The molecule has 1 saturated heterocycles. The fraction of sp³-hybridized carbons (Fsp3) is 0.667. The lowest BCUT2D eigenvalue weighted by Gasteiger charge is -2.26. The van der Waals surface area contributed by atoms with Gasteiger partial charge in [-0.05, 0) is 81.5 Å². The van der Waals surface area contributed by atoms with Crippen LogP contribution in [-0.2, 0) is 13.0 Å². The molecule has 2 heterocycles. The van der Waals surface area contributed by atoms with Crippen LogP contribution in [0.3, 0.4) is 0 Å². The molecule has 0 aromatic heterocycles. The number of piperidine rings is 1. The van der Waals surface area contributed by atoms with Crippen molar-refractivity contribution in [3.63, 3.8) is 0 Å². The van der Waals surface area contributed by atoms with Crippen LogP contribution in [0.1, 0.15) is 43.2 Å². The maximum absolute atomic E-state index is 5.92. The van der Waals surface area contributed by atoms with Gasteiger partial charge in [-0.2, -0.15) is 0 Å².